The van der Waals surface area contributed by atoms with Crippen LogP contribution in [0.2, 0.25) is 0 Å². The first-order valence-electron chi connectivity index (χ1n) is 7.51. The topological polar surface area (TPSA) is 29.1 Å². The van der Waals surface area contributed by atoms with Crippen LogP contribution in [0.25, 0.3) is 0 Å². The lowest BCUT2D eigenvalue weighted by atomic mass is 9.69. The van der Waals surface area contributed by atoms with Gasteiger partial charge in [-0.25, -0.2) is 4.39 Å². The van der Waals surface area contributed by atoms with Gasteiger partial charge in [0.1, 0.15) is 5.82 Å². The second kappa shape index (κ2) is 4.80. The third-order valence-corrected chi connectivity index (χ3v) is 6.92. The fourth-order valence-corrected chi connectivity index (χ4v) is 4.55. The highest BCUT2D eigenvalue weighted by Crippen LogP contribution is 2.65. The fourth-order valence-electron chi connectivity index (χ4n) is 4.30. The van der Waals surface area contributed by atoms with Crippen LogP contribution in [0.1, 0.15) is 50.4 Å². The monoisotopic (exact) mass is 353 g/mol. The van der Waals surface area contributed by atoms with Crippen LogP contribution in [0.15, 0.2) is 22.7 Å². The highest BCUT2D eigenvalue weighted by atomic mass is 79.9. The van der Waals surface area contributed by atoms with Gasteiger partial charge < -0.3 is 5.32 Å². The minimum Gasteiger partial charge on any atom is -0.349 e. The molecule has 21 heavy (non-hydrogen) atoms. The Balaban J connectivity index is 1.79. The average molecular weight is 354 g/mol. The number of rotatable bonds is 2. The molecule has 3 unspecified atom stereocenters. The Bertz CT molecular complexity index is 600. The predicted molar refractivity (Wildman–Crippen MR) is 84.6 cm³/mol. The molecule has 4 heteroatoms. The third kappa shape index (κ3) is 2.14. The van der Waals surface area contributed by atoms with E-state index in [1.165, 1.54) is 12.5 Å². The van der Waals surface area contributed by atoms with Gasteiger partial charge >= 0.3 is 0 Å². The average Bonchev–Trinajstić information content (AvgIpc) is 2.75. The molecule has 3 rings (SSSR count). The molecule has 0 saturated heterocycles. The number of nitrogens with one attached hydrogen (secondary N) is 1. The summed E-state index contributed by atoms with van der Waals surface area (Å²) in [6.07, 6.45) is 3.45. The Hall–Kier alpha value is -0.900. The fraction of sp³-hybridized carbons (Fsp3) is 0.588. The summed E-state index contributed by atoms with van der Waals surface area (Å²) >= 11 is 3.11. The molecule has 2 bridgehead atoms. The molecular weight excluding hydrogens is 333 g/mol. The Labute approximate surface area is 133 Å². The summed E-state index contributed by atoms with van der Waals surface area (Å²) in [7, 11) is 0. The van der Waals surface area contributed by atoms with Crippen molar-refractivity contribution in [2.24, 2.45) is 16.7 Å². The van der Waals surface area contributed by atoms with Crippen LogP contribution in [0.3, 0.4) is 0 Å². The van der Waals surface area contributed by atoms with Gasteiger partial charge in [0.2, 0.25) is 0 Å². The molecule has 0 radical (unpaired) electrons. The van der Waals surface area contributed by atoms with Gasteiger partial charge in [0.15, 0.2) is 0 Å². The maximum Gasteiger partial charge on any atom is 0.251 e. The second-order valence-corrected chi connectivity index (χ2v) is 8.12. The first-order chi connectivity index (χ1) is 9.75. The van der Waals surface area contributed by atoms with Crippen LogP contribution in [-0.2, 0) is 0 Å². The van der Waals surface area contributed by atoms with Crippen molar-refractivity contribution in [3.63, 3.8) is 0 Å². The van der Waals surface area contributed by atoms with Crippen molar-refractivity contribution in [3.05, 3.63) is 34.1 Å². The lowest BCUT2D eigenvalue weighted by Crippen LogP contribution is -2.46. The summed E-state index contributed by atoms with van der Waals surface area (Å²) in [5.74, 6) is 0.104. The van der Waals surface area contributed by atoms with E-state index >= 15 is 0 Å². The molecule has 2 nitrogen and oxygen atoms in total. The zero-order chi connectivity index (χ0) is 15.4. The molecule has 2 aliphatic rings. The first kappa shape index (κ1) is 15.0. The summed E-state index contributed by atoms with van der Waals surface area (Å²) in [6.45, 7) is 6.92. The molecule has 0 aromatic heterocycles. The molecular formula is C17H21BrFNO. The van der Waals surface area contributed by atoms with Crippen molar-refractivity contribution < 1.29 is 9.18 Å². The minimum atomic E-state index is -0.401. The highest BCUT2D eigenvalue weighted by Gasteiger charge is 2.61. The van der Waals surface area contributed by atoms with Crippen LogP contribution in [-0.4, -0.2) is 11.9 Å². The van der Waals surface area contributed by atoms with Crippen molar-refractivity contribution >= 4 is 21.8 Å². The summed E-state index contributed by atoms with van der Waals surface area (Å²) < 4.78 is 14.0. The van der Waals surface area contributed by atoms with E-state index in [2.05, 4.69) is 42.0 Å². The first-order valence-corrected chi connectivity index (χ1v) is 8.31. The summed E-state index contributed by atoms with van der Waals surface area (Å²) in [5.41, 5.74) is 0.789. The van der Waals surface area contributed by atoms with Gasteiger partial charge in [0, 0.05) is 11.6 Å². The second-order valence-electron chi connectivity index (χ2n) is 7.27. The minimum absolute atomic E-state index is 0.140. The SMILES string of the molecule is CC1(C)C2CCC1(C)C(NC(=O)c1ccc(Br)c(F)c1)C2. The van der Waals surface area contributed by atoms with Crippen LogP contribution < -0.4 is 5.32 Å². The van der Waals surface area contributed by atoms with E-state index < -0.39 is 5.82 Å². The molecule has 1 aromatic carbocycles. The molecule has 3 atom stereocenters. The summed E-state index contributed by atoms with van der Waals surface area (Å²) in [4.78, 5) is 12.4. The van der Waals surface area contributed by atoms with Gasteiger partial charge in [0.05, 0.1) is 4.47 Å². The molecule has 2 saturated carbocycles. The van der Waals surface area contributed by atoms with Gasteiger partial charge in [0.25, 0.3) is 5.91 Å². The van der Waals surface area contributed by atoms with E-state index in [-0.39, 0.29) is 22.8 Å². The third-order valence-electron chi connectivity index (χ3n) is 6.28. The van der Waals surface area contributed by atoms with Crippen molar-refractivity contribution in [1.29, 1.82) is 0 Å². The van der Waals surface area contributed by atoms with Crippen molar-refractivity contribution in [2.45, 2.75) is 46.1 Å². The standard InChI is InChI=1S/C17H21BrFNO/c1-16(2)11-6-7-17(16,3)14(9-11)20-15(21)10-4-5-12(18)13(19)8-10/h4-5,8,11,14H,6-7,9H2,1-3H3,(H,20,21). The lowest BCUT2D eigenvalue weighted by Gasteiger charge is -2.39. The summed E-state index contributed by atoms with van der Waals surface area (Å²) in [6, 6.07) is 4.71. The number of hydrogen-bond donors (Lipinski definition) is 1. The number of carbonyl (C=O) groups is 1. The van der Waals surface area contributed by atoms with Gasteiger partial charge in [-0.3, -0.25) is 4.79 Å². The molecule has 1 N–H and O–H groups in total. The van der Waals surface area contributed by atoms with Crippen LogP contribution >= 0.6 is 15.9 Å². The smallest absolute Gasteiger partial charge is 0.251 e. The maximum atomic E-state index is 13.6. The molecule has 1 aromatic rings. The van der Waals surface area contributed by atoms with Crippen molar-refractivity contribution in [3.8, 4) is 0 Å². The number of halogens is 2. The maximum absolute atomic E-state index is 13.6. The van der Waals surface area contributed by atoms with Gasteiger partial charge in [-0.2, -0.15) is 0 Å². The zero-order valence-corrected chi connectivity index (χ0v) is 14.3. The van der Waals surface area contributed by atoms with Gasteiger partial charge in [-0.05, 0) is 70.1 Å². The Morgan fingerprint density at radius 2 is 2.10 bits per heavy atom. The van der Waals surface area contributed by atoms with Crippen LogP contribution in [0.4, 0.5) is 4.39 Å². The van der Waals surface area contributed by atoms with Crippen molar-refractivity contribution in [1.82, 2.24) is 5.32 Å². The normalized spacial score (nSPS) is 33.2. The number of fused-ring (bicyclic) bond motifs is 2. The summed E-state index contributed by atoms with van der Waals surface area (Å²) in [5, 5.41) is 3.15. The van der Waals surface area contributed by atoms with E-state index in [1.807, 2.05) is 0 Å². The van der Waals surface area contributed by atoms with Crippen LogP contribution in [0.5, 0.6) is 0 Å². The molecule has 114 valence electrons. The molecule has 0 spiro atoms. The molecule has 2 fully saturated rings. The van der Waals surface area contributed by atoms with E-state index in [1.54, 1.807) is 12.1 Å². The number of carbonyl (C=O) groups excluding carboxylic acids is 1. The molecule has 1 amide bonds. The largest absolute Gasteiger partial charge is 0.349 e. The zero-order valence-electron chi connectivity index (χ0n) is 12.7. The van der Waals surface area contributed by atoms with Crippen LogP contribution in [0, 0.1) is 22.6 Å². The van der Waals surface area contributed by atoms with Gasteiger partial charge in [-0.1, -0.05) is 20.8 Å². The van der Waals surface area contributed by atoms with E-state index in [0.29, 0.717) is 16.0 Å². The predicted octanol–water partition coefficient (Wildman–Crippen LogP) is 4.53. The number of amides is 1. The van der Waals surface area contributed by atoms with E-state index in [4.69, 9.17) is 0 Å². The number of benzene rings is 1. The number of hydrogen-bond acceptors (Lipinski definition) is 1. The molecule has 0 heterocycles. The Morgan fingerprint density at radius 3 is 2.62 bits per heavy atom. The quantitative estimate of drug-likeness (QED) is 0.831. The Kier molecular flexibility index (Phi) is 3.43. The van der Waals surface area contributed by atoms with E-state index in [9.17, 15) is 9.18 Å². The Morgan fingerprint density at radius 1 is 1.38 bits per heavy atom. The lowest BCUT2D eigenvalue weighted by molar-refractivity contribution is 0.0825. The van der Waals surface area contributed by atoms with Crippen molar-refractivity contribution in [2.75, 3.05) is 0 Å². The highest BCUT2D eigenvalue weighted by molar-refractivity contribution is 9.10. The molecule has 2 aliphatic carbocycles. The van der Waals surface area contributed by atoms with E-state index in [0.717, 1.165) is 12.8 Å². The molecule has 0 aliphatic heterocycles. The van der Waals surface area contributed by atoms with Gasteiger partial charge in [-0.15, -0.1) is 0 Å².